The van der Waals surface area contributed by atoms with E-state index in [-0.39, 0.29) is 28.2 Å². The number of hydrogen-bond acceptors (Lipinski definition) is 5. The average Bonchev–Trinajstić information content (AvgIpc) is 3.33. The van der Waals surface area contributed by atoms with Crippen molar-refractivity contribution in [3.8, 4) is 17.2 Å². The lowest BCUT2D eigenvalue weighted by Gasteiger charge is -2.58. The fourth-order valence-electron chi connectivity index (χ4n) is 6.76. The number of carbonyl (C=O) groups is 1. The van der Waals surface area contributed by atoms with Crippen LogP contribution in [0.1, 0.15) is 81.8 Å². The molecule has 1 heterocycles. The van der Waals surface area contributed by atoms with Crippen molar-refractivity contribution in [2.75, 3.05) is 0 Å². The van der Waals surface area contributed by atoms with Gasteiger partial charge in [-0.3, -0.25) is 4.79 Å². The monoisotopic (exact) mass is 374 g/mol. The number of epoxide rings is 1. The van der Waals surface area contributed by atoms with Gasteiger partial charge in [0.1, 0.15) is 23.0 Å². The second-order valence-corrected chi connectivity index (χ2v) is 9.80. The van der Waals surface area contributed by atoms with Crippen molar-refractivity contribution < 1.29 is 24.9 Å². The minimum atomic E-state index is -0.583. The summed E-state index contributed by atoms with van der Waals surface area (Å²) >= 11 is 0. The minimum Gasteiger partial charge on any atom is -0.507 e. The molecule has 1 aliphatic heterocycles. The van der Waals surface area contributed by atoms with Gasteiger partial charge in [-0.2, -0.15) is 0 Å². The molecule has 0 bridgehead atoms. The summed E-state index contributed by atoms with van der Waals surface area (Å²) in [6.45, 7) is 9.24. The summed E-state index contributed by atoms with van der Waals surface area (Å²) in [6.07, 6.45) is 5.68. The minimum absolute atomic E-state index is 0.0294. The van der Waals surface area contributed by atoms with Gasteiger partial charge in [-0.05, 0) is 49.0 Å². The number of hydrogen-bond donors (Lipinski definition) is 3. The number of rotatable bonds is 2. The maximum Gasteiger partial charge on any atom is 0.171 e. The smallest absolute Gasteiger partial charge is 0.171 e. The van der Waals surface area contributed by atoms with Crippen LogP contribution in [0.15, 0.2) is 6.07 Å². The molecule has 148 valence electrons. The van der Waals surface area contributed by atoms with E-state index in [1.54, 1.807) is 0 Å². The van der Waals surface area contributed by atoms with Crippen LogP contribution in [0, 0.1) is 22.7 Å². The molecule has 1 aromatic rings. The lowest BCUT2D eigenvalue weighted by Crippen LogP contribution is -2.56. The number of aldehydes is 1. The van der Waals surface area contributed by atoms with E-state index < -0.39 is 17.1 Å². The van der Waals surface area contributed by atoms with Crippen LogP contribution >= 0.6 is 0 Å². The molecule has 2 unspecified atom stereocenters. The standard InChI is InChI=1S/C22H30O5/c1-12-6-7-16-20(2,3)8-5-9-21(16,4)22(12)19(27-22)13-10-15(24)18(26)14(11-23)17(13)25/h10-12,16,19,24-26H,5-9H2,1-4H3/t12-,16+,19?,21+,22?/m1/s1. The number of aromatic hydroxyl groups is 3. The number of phenolic OH excluding ortho intramolecular Hbond substituents is 3. The van der Waals surface area contributed by atoms with E-state index in [2.05, 4.69) is 27.7 Å². The first-order chi connectivity index (χ1) is 12.6. The topological polar surface area (TPSA) is 90.3 Å². The van der Waals surface area contributed by atoms with E-state index in [4.69, 9.17) is 4.74 Å². The van der Waals surface area contributed by atoms with Gasteiger partial charge in [-0.25, -0.2) is 0 Å². The molecule has 5 heteroatoms. The first-order valence-electron chi connectivity index (χ1n) is 10.0. The highest BCUT2D eigenvalue weighted by molar-refractivity contribution is 5.86. The van der Waals surface area contributed by atoms with E-state index >= 15 is 0 Å². The van der Waals surface area contributed by atoms with Crippen LogP contribution < -0.4 is 0 Å². The van der Waals surface area contributed by atoms with Crippen LogP contribution in [0.5, 0.6) is 17.2 Å². The molecule has 3 N–H and O–H groups in total. The Hall–Kier alpha value is -1.75. The van der Waals surface area contributed by atoms with Crippen LogP contribution in [0.4, 0.5) is 0 Å². The van der Waals surface area contributed by atoms with Crippen LogP contribution in [-0.2, 0) is 4.74 Å². The summed E-state index contributed by atoms with van der Waals surface area (Å²) in [6, 6.07) is 1.35. The Bertz CT molecular complexity index is 800. The van der Waals surface area contributed by atoms with Gasteiger partial charge in [-0.15, -0.1) is 0 Å². The van der Waals surface area contributed by atoms with Gasteiger partial charge < -0.3 is 20.1 Å². The van der Waals surface area contributed by atoms with E-state index in [1.807, 2.05) is 0 Å². The quantitative estimate of drug-likeness (QED) is 0.302. The van der Waals surface area contributed by atoms with Crippen molar-refractivity contribution >= 4 is 6.29 Å². The Morgan fingerprint density at radius 3 is 2.48 bits per heavy atom. The normalized spacial score (nSPS) is 39.8. The fourth-order valence-corrected chi connectivity index (χ4v) is 6.76. The number of fused-ring (bicyclic) bond motifs is 2. The van der Waals surface area contributed by atoms with Crippen LogP contribution in [0.3, 0.4) is 0 Å². The molecular formula is C22H30O5. The fraction of sp³-hybridized carbons (Fsp3) is 0.682. The second kappa shape index (κ2) is 5.63. The molecule has 0 amide bonds. The maximum atomic E-state index is 11.3. The zero-order valence-electron chi connectivity index (χ0n) is 16.6. The molecule has 1 aromatic carbocycles. The average molecular weight is 374 g/mol. The molecule has 2 saturated carbocycles. The maximum absolute atomic E-state index is 11.3. The third kappa shape index (κ3) is 2.24. The molecule has 1 spiro atoms. The van der Waals surface area contributed by atoms with Gasteiger partial charge in [0.25, 0.3) is 0 Å². The van der Waals surface area contributed by atoms with Gasteiger partial charge in [0.05, 0.1) is 0 Å². The summed E-state index contributed by atoms with van der Waals surface area (Å²) in [5.74, 6) is -0.425. The summed E-state index contributed by atoms with van der Waals surface area (Å²) in [5, 5.41) is 30.6. The lowest BCUT2D eigenvalue weighted by atomic mass is 9.45. The van der Waals surface area contributed by atoms with Crippen molar-refractivity contribution in [1.29, 1.82) is 0 Å². The van der Waals surface area contributed by atoms with Crippen LogP contribution in [-0.4, -0.2) is 27.2 Å². The second-order valence-electron chi connectivity index (χ2n) is 9.80. The highest BCUT2D eigenvalue weighted by atomic mass is 16.6. The Labute approximate surface area is 160 Å². The zero-order valence-corrected chi connectivity index (χ0v) is 16.6. The SMILES string of the molecule is C[C@@H]1CC[C@H]2C(C)(C)CCC[C@]2(C)C12OC2c1cc(O)c(O)c(C=O)c1O. The number of carbonyl (C=O) groups excluding carboxylic acids is 1. The first kappa shape index (κ1) is 18.6. The van der Waals surface area contributed by atoms with Crippen LogP contribution in [0.25, 0.3) is 0 Å². The number of benzene rings is 1. The molecule has 27 heavy (non-hydrogen) atoms. The number of phenols is 3. The predicted octanol–water partition coefficient (Wildman–Crippen LogP) is 4.69. The van der Waals surface area contributed by atoms with E-state index in [0.29, 0.717) is 23.7 Å². The predicted molar refractivity (Wildman–Crippen MR) is 101 cm³/mol. The summed E-state index contributed by atoms with van der Waals surface area (Å²) in [5.41, 5.74) is -0.0641. The summed E-state index contributed by atoms with van der Waals surface area (Å²) < 4.78 is 6.42. The van der Waals surface area contributed by atoms with Crippen molar-refractivity contribution in [2.24, 2.45) is 22.7 Å². The lowest BCUT2D eigenvalue weighted by molar-refractivity contribution is -0.108. The van der Waals surface area contributed by atoms with Gasteiger partial charge in [0.15, 0.2) is 17.8 Å². The van der Waals surface area contributed by atoms with E-state index in [1.165, 1.54) is 18.9 Å². The van der Waals surface area contributed by atoms with Gasteiger partial charge in [0.2, 0.25) is 0 Å². The molecule has 3 aliphatic rings. The summed E-state index contributed by atoms with van der Waals surface area (Å²) in [7, 11) is 0. The molecule has 0 aromatic heterocycles. The molecule has 3 fully saturated rings. The van der Waals surface area contributed by atoms with Crippen molar-refractivity contribution in [3.05, 3.63) is 17.2 Å². The van der Waals surface area contributed by atoms with Crippen molar-refractivity contribution in [3.63, 3.8) is 0 Å². The molecule has 1 saturated heterocycles. The van der Waals surface area contributed by atoms with Crippen LogP contribution in [0.2, 0.25) is 0 Å². The Kier molecular flexibility index (Phi) is 3.88. The van der Waals surface area contributed by atoms with Gasteiger partial charge in [0, 0.05) is 11.0 Å². The van der Waals surface area contributed by atoms with Gasteiger partial charge >= 0.3 is 0 Å². The largest absolute Gasteiger partial charge is 0.507 e. The van der Waals surface area contributed by atoms with Crippen molar-refractivity contribution in [1.82, 2.24) is 0 Å². The molecule has 0 radical (unpaired) electrons. The van der Waals surface area contributed by atoms with E-state index in [9.17, 15) is 20.1 Å². The third-order valence-electron chi connectivity index (χ3n) is 8.11. The zero-order chi connectivity index (χ0) is 19.8. The third-order valence-corrected chi connectivity index (χ3v) is 8.11. The molecule has 4 rings (SSSR count). The Morgan fingerprint density at radius 2 is 1.81 bits per heavy atom. The molecule has 5 nitrogen and oxygen atoms in total. The molecule has 2 aliphatic carbocycles. The highest BCUT2D eigenvalue weighted by Gasteiger charge is 2.75. The number of ether oxygens (including phenoxy) is 1. The highest BCUT2D eigenvalue weighted by Crippen LogP contribution is 2.75. The Morgan fingerprint density at radius 1 is 1.11 bits per heavy atom. The van der Waals surface area contributed by atoms with Gasteiger partial charge in [-0.1, -0.05) is 34.1 Å². The Balaban J connectivity index is 1.82. The summed E-state index contributed by atoms with van der Waals surface area (Å²) in [4.78, 5) is 11.3. The molecular weight excluding hydrogens is 344 g/mol. The first-order valence-corrected chi connectivity index (χ1v) is 10.0. The van der Waals surface area contributed by atoms with E-state index in [0.717, 1.165) is 19.3 Å². The van der Waals surface area contributed by atoms with Crippen molar-refractivity contribution in [2.45, 2.75) is 71.5 Å². The molecule has 5 atom stereocenters.